The molecule has 0 N–H and O–H groups in total. The molecule has 0 aliphatic heterocycles. The van der Waals surface area contributed by atoms with Crippen LogP contribution in [0.15, 0.2) is 84.0 Å². The summed E-state index contributed by atoms with van der Waals surface area (Å²) in [7, 11) is 0. The van der Waals surface area contributed by atoms with Gasteiger partial charge in [-0.05, 0) is 48.0 Å². The highest BCUT2D eigenvalue weighted by Gasteiger charge is 2.30. The van der Waals surface area contributed by atoms with Crippen LogP contribution in [0.2, 0.25) is 0 Å². The molecule has 30 heavy (non-hydrogen) atoms. The highest BCUT2D eigenvalue weighted by molar-refractivity contribution is 9.10. The molecule has 0 bridgehead atoms. The first-order valence-corrected chi connectivity index (χ1v) is 10.0. The Kier molecular flexibility index (Phi) is 6.82. The molecule has 0 unspecified atom stereocenters. The van der Waals surface area contributed by atoms with Crippen LogP contribution < -0.4 is 0 Å². The van der Waals surface area contributed by atoms with E-state index in [1.165, 1.54) is 6.07 Å². The molecule has 7 heteroatoms. The fourth-order valence-corrected chi connectivity index (χ4v) is 3.56. The summed E-state index contributed by atoms with van der Waals surface area (Å²) in [5.74, 6) is -0.150. The van der Waals surface area contributed by atoms with Gasteiger partial charge >= 0.3 is 6.18 Å². The predicted molar refractivity (Wildman–Crippen MR) is 114 cm³/mol. The van der Waals surface area contributed by atoms with Crippen molar-refractivity contribution in [2.75, 3.05) is 6.54 Å². The Bertz CT molecular complexity index is 1040. The summed E-state index contributed by atoms with van der Waals surface area (Å²) in [6.45, 7) is 4.66. The van der Waals surface area contributed by atoms with Gasteiger partial charge in [-0.1, -0.05) is 40.2 Å². The summed E-state index contributed by atoms with van der Waals surface area (Å²) in [6, 6.07) is 16.1. The van der Waals surface area contributed by atoms with Crippen molar-refractivity contribution < 1.29 is 18.0 Å². The van der Waals surface area contributed by atoms with E-state index in [1.807, 2.05) is 22.8 Å². The molecule has 0 spiro atoms. The van der Waals surface area contributed by atoms with Crippen LogP contribution in [0.1, 0.15) is 27.2 Å². The summed E-state index contributed by atoms with van der Waals surface area (Å²) >= 11 is 3.37. The molecule has 1 amide bonds. The number of hydrogen-bond acceptors (Lipinski definition) is 1. The van der Waals surface area contributed by atoms with Crippen molar-refractivity contribution in [1.82, 2.24) is 9.47 Å². The molecule has 0 saturated carbocycles. The lowest BCUT2D eigenvalue weighted by Crippen LogP contribution is -2.31. The smallest absolute Gasteiger partial charge is 0.345 e. The maximum absolute atomic E-state index is 13.0. The highest BCUT2D eigenvalue weighted by Crippen LogP contribution is 2.29. The van der Waals surface area contributed by atoms with Crippen LogP contribution in [-0.4, -0.2) is 21.9 Å². The lowest BCUT2D eigenvalue weighted by atomic mass is 10.1. The number of aromatic nitrogens is 1. The maximum atomic E-state index is 13.0. The minimum atomic E-state index is -4.38. The number of amides is 1. The summed E-state index contributed by atoms with van der Waals surface area (Å²) in [6.07, 6.45) is -0.937. The molecule has 0 saturated heterocycles. The molecular weight excluding hydrogens is 457 g/mol. The van der Waals surface area contributed by atoms with Crippen LogP contribution in [0.5, 0.6) is 0 Å². The fourth-order valence-electron chi connectivity index (χ4n) is 3.16. The molecule has 2 aromatic carbocycles. The van der Waals surface area contributed by atoms with Gasteiger partial charge in [-0.2, -0.15) is 13.2 Å². The van der Waals surface area contributed by atoms with Crippen LogP contribution in [0.4, 0.5) is 13.2 Å². The van der Waals surface area contributed by atoms with Crippen LogP contribution >= 0.6 is 15.9 Å². The number of alkyl halides is 3. The van der Waals surface area contributed by atoms with Crippen molar-refractivity contribution in [1.29, 1.82) is 0 Å². The van der Waals surface area contributed by atoms with Crippen LogP contribution in [0.3, 0.4) is 0 Å². The van der Waals surface area contributed by atoms with Crippen molar-refractivity contribution in [3.8, 4) is 0 Å². The van der Waals surface area contributed by atoms with Gasteiger partial charge < -0.3 is 9.47 Å². The van der Waals surface area contributed by atoms with E-state index in [2.05, 4.69) is 22.5 Å². The molecule has 3 rings (SSSR count). The second-order valence-electron chi connectivity index (χ2n) is 6.81. The van der Waals surface area contributed by atoms with E-state index in [0.29, 0.717) is 24.2 Å². The number of benzene rings is 2. The lowest BCUT2D eigenvalue weighted by molar-refractivity contribution is -0.137. The van der Waals surface area contributed by atoms with Gasteiger partial charge in [0.25, 0.3) is 5.91 Å². The number of carbonyl (C=O) groups excluding carboxylic acids is 1. The number of hydrogen-bond donors (Lipinski definition) is 0. The van der Waals surface area contributed by atoms with E-state index >= 15 is 0 Å². The Labute approximate surface area is 181 Å². The first-order chi connectivity index (χ1) is 14.3. The molecule has 3 aromatic rings. The minimum absolute atomic E-state index is 0.150. The van der Waals surface area contributed by atoms with Gasteiger partial charge in [-0.15, -0.1) is 6.58 Å². The second kappa shape index (κ2) is 9.34. The zero-order valence-corrected chi connectivity index (χ0v) is 17.7. The number of rotatable bonds is 7. The van der Waals surface area contributed by atoms with Gasteiger partial charge in [0.2, 0.25) is 0 Å². The van der Waals surface area contributed by atoms with Crippen molar-refractivity contribution in [3.05, 3.63) is 106 Å². The normalized spacial score (nSPS) is 11.3. The Morgan fingerprint density at radius 2 is 1.87 bits per heavy atom. The quantitative estimate of drug-likeness (QED) is 0.375. The zero-order chi connectivity index (χ0) is 21.7. The van der Waals surface area contributed by atoms with Gasteiger partial charge in [0, 0.05) is 35.0 Å². The summed E-state index contributed by atoms with van der Waals surface area (Å²) in [4.78, 5) is 14.6. The molecule has 156 valence electrons. The summed E-state index contributed by atoms with van der Waals surface area (Å²) in [5, 5.41) is 0. The van der Waals surface area contributed by atoms with Crippen LogP contribution in [0, 0.1) is 0 Å². The van der Waals surface area contributed by atoms with E-state index in [4.69, 9.17) is 0 Å². The zero-order valence-electron chi connectivity index (χ0n) is 16.1. The van der Waals surface area contributed by atoms with Crippen molar-refractivity contribution >= 4 is 21.8 Å². The van der Waals surface area contributed by atoms with Crippen LogP contribution in [0.25, 0.3) is 0 Å². The van der Waals surface area contributed by atoms with Gasteiger partial charge in [0.1, 0.15) is 0 Å². The first kappa shape index (κ1) is 21.9. The standard InChI is InChI=1S/C23H20BrF3N2O/c1-2-11-29(22(30)18-7-4-9-20(24)14-18)16-21-10-5-12-28(21)15-17-6-3-8-19(13-17)23(25,26)27/h2-10,12-14H,1,11,15-16H2. The van der Waals surface area contributed by atoms with Gasteiger partial charge in [0.05, 0.1) is 12.1 Å². The average Bonchev–Trinajstić information content (AvgIpc) is 3.13. The molecule has 3 nitrogen and oxygen atoms in total. The number of carbonyl (C=O) groups is 1. The third kappa shape index (κ3) is 5.42. The molecule has 0 radical (unpaired) electrons. The third-order valence-corrected chi connectivity index (χ3v) is 5.09. The number of halogens is 4. The largest absolute Gasteiger partial charge is 0.416 e. The second-order valence-corrected chi connectivity index (χ2v) is 7.73. The predicted octanol–water partition coefficient (Wildman–Crippen LogP) is 6.15. The fraction of sp³-hybridized carbons (Fsp3) is 0.174. The van der Waals surface area contributed by atoms with Gasteiger partial charge in [-0.25, -0.2) is 0 Å². The SMILES string of the molecule is C=CCN(Cc1cccn1Cc1cccc(C(F)(F)F)c1)C(=O)c1cccc(Br)c1. The van der Waals surface area contributed by atoms with Crippen molar-refractivity contribution in [2.24, 2.45) is 0 Å². The van der Waals surface area contributed by atoms with E-state index in [1.54, 1.807) is 41.4 Å². The first-order valence-electron chi connectivity index (χ1n) is 9.24. The number of nitrogens with zero attached hydrogens (tertiary/aromatic N) is 2. The molecule has 1 heterocycles. The molecule has 1 aromatic heterocycles. The topological polar surface area (TPSA) is 25.2 Å². The summed E-state index contributed by atoms with van der Waals surface area (Å²) in [5.41, 5.74) is 1.22. The lowest BCUT2D eigenvalue weighted by Gasteiger charge is -2.22. The Hall–Kier alpha value is -2.80. The molecule has 0 fully saturated rings. The maximum Gasteiger partial charge on any atom is 0.416 e. The Balaban J connectivity index is 1.81. The highest BCUT2D eigenvalue weighted by atomic mass is 79.9. The van der Waals surface area contributed by atoms with Gasteiger partial charge in [0.15, 0.2) is 0 Å². The molecule has 0 atom stereocenters. The van der Waals surface area contributed by atoms with E-state index in [0.717, 1.165) is 22.3 Å². The summed E-state index contributed by atoms with van der Waals surface area (Å²) < 4.78 is 41.6. The molecule has 0 aliphatic carbocycles. The van der Waals surface area contributed by atoms with Crippen molar-refractivity contribution in [3.63, 3.8) is 0 Å². The third-order valence-electron chi connectivity index (χ3n) is 4.59. The Morgan fingerprint density at radius 1 is 1.10 bits per heavy atom. The van der Waals surface area contributed by atoms with E-state index < -0.39 is 11.7 Å². The van der Waals surface area contributed by atoms with E-state index in [9.17, 15) is 18.0 Å². The monoisotopic (exact) mass is 476 g/mol. The van der Waals surface area contributed by atoms with E-state index in [-0.39, 0.29) is 12.5 Å². The van der Waals surface area contributed by atoms with Crippen molar-refractivity contribution in [2.45, 2.75) is 19.3 Å². The molecular formula is C23H20BrF3N2O. The van der Waals surface area contributed by atoms with Crippen LogP contribution in [-0.2, 0) is 19.3 Å². The molecule has 0 aliphatic rings. The Morgan fingerprint density at radius 3 is 2.57 bits per heavy atom. The van der Waals surface area contributed by atoms with Gasteiger partial charge in [-0.3, -0.25) is 4.79 Å². The minimum Gasteiger partial charge on any atom is -0.345 e. The average molecular weight is 477 g/mol.